The lowest BCUT2D eigenvalue weighted by molar-refractivity contribution is -0.140. The van der Waals surface area contributed by atoms with Crippen molar-refractivity contribution in [3.8, 4) is 0 Å². The van der Waals surface area contributed by atoms with Crippen molar-refractivity contribution in [2.45, 2.75) is 65.2 Å². The molecule has 6 heteroatoms. The third-order valence-corrected chi connectivity index (χ3v) is 4.95. The molecule has 0 saturated carbocycles. The van der Waals surface area contributed by atoms with Crippen LogP contribution in [0.15, 0.2) is 4.99 Å². The van der Waals surface area contributed by atoms with E-state index in [1.165, 1.54) is 33.0 Å². The Kier molecular flexibility index (Phi) is 13.0. The lowest BCUT2D eigenvalue weighted by Crippen LogP contribution is -2.38. The summed E-state index contributed by atoms with van der Waals surface area (Å²) in [5.41, 5.74) is 0. The molecule has 1 heterocycles. The summed E-state index contributed by atoms with van der Waals surface area (Å²) < 4.78 is 4.65. The van der Waals surface area contributed by atoms with Gasteiger partial charge in [0.25, 0.3) is 0 Å². The van der Waals surface area contributed by atoms with E-state index < -0.39 is 0 Å². The molecule has 0 spiro atoms. The van der Waals surface area contributed by atoms with E-state index in [0.717, 1.165) is 70.2 Å². The first-order valence-electron chi connectivity index (χ1n) is 10.5. The third-order valence-electron chi connectivity index (χ3n) is 4.95. The molecule has 0 radical (unpaired) electrons. The lowest BCUT2D eigenvalue weighted by atomic mass is 9.99. The summed E-state index contributed by atoms with van der Waals surface area (Å²) >= 11 is 0. The van der Waals surface area contributed by atoms with Crippen molar-refractivity contribution < 1.29 is 9.53 Å². The molecular formula is C20H40N4O2. The van der Waals surface area contributed by atoms with Gasteiger partial charge in [-0.2, -0.15) is 0 Å². The zero-order valence-electron chi connectivity index (χ0n) is 17.2. The van der Waals surface area contributed by atoms with Crippen LogP contribution in [0.4, 0.5) is 0 Å². The number of esters is 1. The predicted molar refractivity (Wildman–Crippen MR) is 109 cm³/mol. The van der Waals surface area contributed by atoms with Crippen LogP contribution in [0.2, 0.25) is 0 Å². The Morgan fingerprint density at radius 3 is 2.54 bits per heavy atom. The molecule has 0 aliphatic carbocycles. The largest absolute Gasteiger partial charge is 0.469 e. The molecule has 1 aliphatic rings. The maximum atomic E-state index is 11.0. The molecule has 0 aromatic heterocycles. The van der Waals surface area contributed by atoms with Crippen molar-refractivity contribution in [1.82, 2.24) is 15.5 Å². The second-order valence-electron chi connectivity index (χ2n) is 7.31. The summed E-state index contributed by atoms with van der Waals surface area (Å²) in [6, 6.07) is 0. The molecule has 1 aliphatic heterocycles. The molecule has 0 bridgehead atoms. The van der Waals surface area contributed by atoms with Gasteiger partial charge in [-0.1, -0.05) is 19.8 Å². The number of nitrogens with zero attached hydrogens (tertiary/aromatic N) is 2. The van der Waals surface area contributed by atoms with Gasteiger partial charge in [0, 0.05) is 26.1 Å². The Morgan fingerprint density at radius 1 is 1.12 bits per heavy atom. The molecular weight excluding hydrogens is 328 g/mol. The summed E-state index contributed by atoms with van der Waals surface area (Å²) in [6.45, 7) is 10.8. The average molecular weight is 369 g/mol. The number of carbonyl (C=O) groups excluding carboxylic acids is 1. The molecule has 1 saturated heterocycles. The number of methoxy groups -OCH3 is 1. The van der Waals surface area contributed by atoms with Gasteiger partial charge in [0.05, 0.1) is 7.11 Å². The van der Waals surface area contributed by atoms with Crippen LogP contribution >= 0.6 is 0 Å². The van der Waals surface area contributed by atoms with E-state index in [9.17, 15) is 4.79 Å². The fourth-order valence-electron chi connectivity index (χ4n) is 3.17. The van der Waals surface area contributed by atoms with Gasteiger partial charge in [-0.25, -0.2) is 0 Å². The van der Waals surface area contributed by atoms with Crippen LogP contribution in [0, 0.1) is 5.92 Å². The summed E-state index contributed by atoms with van der Waals surface area (Å²) in [6.07, 6.45) is 8.53. The minimum atomic E-state index is -0.108. The van der Waals surface area contributed by atoms with Crippen LogP contribution in [0.3, 0.4) is 0 Å². The van der Waals surface area contributed by atoms with Crippen LogP contribution < -0.4 is 10.6 Å². The quantitative estimate of drug-likeness (QED) is 0.240. The fourth-order valence-corrected chi connectivity index (χ4v) is 3.17. The van der Waals surface area contributed by atoms with E-state index in [1.54, 1.807) is 0 Å². The van der Waals surface area contributed by atoms with Crippen molar-refractivity contribution in [2.24, 2.45) is 10.9 Å². The number of hydrogen-bond acceptors (Lipinski definition) is 4. The normalized spacial score (nSPS) is 16.5. The van der Waals surface area contributed by atoms with Gasteiger partial charge in [-0.3, -0.25) is 9.79 Å². The first-order valence-corrected chi connectivity index (χ1v) is 10.5. The van der Waals surface area contributed by atoms with Crippen molar-refractivity contribution >= 4 is 11.9 Å². The fraction of sp³-hybridized carbons (Fsp3) is 0.900. The highest BCUT2D eigenvalue weighted by Crippen LogP contribution is 2.15. The number of likely N-dealkylation sites (tertiary alicyclic amines) is 1. The number of guanidine groups is 1. The zero-order valence-corrected chi connectivity index (χ0v) is 17.2. The van der Waals surface area contributed by atoms with Gasteiger partial charge in [-0.05, 0) is 64.6 Å². The molecule has 0 aromatic carbocycles. The van der Waals surface area contributed by atoms with Gasteiger partial charge >= 0.3 is 5.97 Å². The number of aliphatic imine (C=N–C) groups is 1. The molecule has 6 nitrogen and oxygen atoms in total. The summed E-state index contributed by atoms with van der Waals surface area (Å²) in [7, 11) is 1.45. The summed E-state index contributed by atoms with van der Waals surface area (Å²) in [5, 5.41) is 6.72. The van der Waals surface area contributed by atoms with Crippen molar-refractivity contribution in [1.29, 1.82) is 0 Å². The number of ether oxygens (including phenoxy) is 1. The zero-order chi connectivity index (χ0) is 19.0. The number of rotatable bonds is 12. The Morgan fingerprint density at radius 2 is 1.85 bits per heavy atom. The highest BCUT2D eigenvalue weighted by Gasteiger charge is 2.14. The van der Waals surface area contributed by atoms with Crippen molar-refractivity contribution in [2.75, 3.05) is 46.4 Å². The SMILES string of the molecule is CCNC(=NCCCN1CCC(C)CC1)NCCCCCCC(=O)OC. The molecule has 0 unspecified atom stereocenters. The Balaban J connectivity index is 2.08. The second kappa shape index (κ2) is 14.8. The number of carbonyl (C=O) groups is 1. The second-order valence-corrected chi connectivity index (χ2v) is 7.31. The lowest BCUT2D eigenvalue weighted by Gasteiger charge is -2.29. The van der Waals surface area contributed by atoms with E-state index in [-0.39, 0.29) is 5.97 Å². The van der Waals surface area contributed by atoms with Crippen LogP contribution in [0.5, 0.6) is 0 Å². The smallest absolute Gasteiger partial charge is 0.305 e. The van der Waals surface area contributed by atoms with Crippen LogP contribution in [-0.2, 0) is 9.53 Å². The molecule has 2 N–H and O–H groups in total. The first kappa shape index (κ1) is 22.7. The molecule has 0 aromatic rings. The minimum absolute atomic E-state index is 0.108. The van der Waals surface area contributed by atoms with Crippen LogP contribution in [0.25, 0.3) is 0 Å². The van der Waals surface area contributed by atoms with E-state index >= 15 is 0 Å². The molecule has 0 atom stereocenters. The predicted octanol–water partition coefficient (Wildman–Crippen LogP) is 2.79. The summed E-state index contributed by atoms with van der Waals surface area (Å²) in [4.78, 5) is 18.3. The van der Waals surface area contributed by atoms with Gasteiger partial charge in [-0.15, -0.1) is 0 Å². The first-order chi connectivity index (χ1) is 12.7. The Labute approximate surface area is 160 Å². The highest BCUT2D eigenvalue weighted by atomic mass is 16.5. The van der Waals surface area contributed by atoms with Crippen molar-refractivity contribution in [3.63, 3.8) is 0 Å². The van der Waals surface area contributed by atoms with E-state index in [0.29, 0.717) is 6.42 Å². The number of unbranched alkanes of at least 4 members (excludes halogenated alkanes) is 3. The van der Waals surface area contributed by atoms with E-state index in [1.807, 2.05) is 0 Å². The summed E-state index contributed by atoms with van der Waals surface area (Å²) in [5.74, 6) is 1.72. The molecule has 26 heavy (non-hydrogen) atoms. The van der Waals surface area contributed by atoms with Crippen molar-refractivity contribution in [3.05, 3.63) is 0 Å². The van der Waals surface area contributed by atoms with Gasteiger partial charge in [0.1, 0.15) is 0 Å². The number of piperidine rings is 1. The topological polar surface area (TPSA) is 66.0 Å². The maximum Gasteiger partial charge on any atom is 0.305 e. The molecule has 1 fully saturated rings. The minimum Gasteiger partial charge on any atom is -0.469 e. The highest BCUT2D eigenvalue weighted by molar-refractivity contribution is 5.79. The number of nitrogens with one attached hydrogen (secondary N) is 2. The van der Waals surface area contributed by atoms with Gasteiger partial charge in [0.15, 0.2) is 5.96 Å². The van der Waals surface area contributed by atoms with Gasteiger partial charge in [0.2, 0.25) is 0 Å². The molecule has 1 rings (SSSR count). The standard InChI is InChI=1S/C20H40N4O2/c1-4-21-20(22-13-8-6-5-7-10-19(25)26-3)23-14-9-15-24-16-11-18(2)12-17-24/h18H,4-17H2,1-3H3,(H2,21,22,23). The molecule has 0 amide bonds. The third kappa shape index (κ3) is 11.3. The Hall–Kier alpha value is -1.30. The maximum absolute atomic E-state index is 11.0. The van der Waals surface area contributed by atoms with Crippen LogP contribution in [0.1, 0.15) is 65.2 Å². The van der Waals surface area contributed by atoms with Gasteiger partial charge < -0.3 is 20.3 Å². The van der Waals surface area contributed by atoms with Crippen LogP contribution in [-0.4, -0.2) is 63.2 Å². The molecule has 152 valence electrons. The van der Waals surface area contributed by atoms with E-state index in [4.69, 9.17) is 0 Å². The number of hydrogen-bond donors (Lipinski definition) is 2. The Bertz CT molecular complexity index is 393. The average Bonchev–Trinajstić information content (AvgIpc) is 2.65. The monoisotopic (exact) mass is 368 g/mol. The van der Waals surface area contributed by atoms with E-state index in [2.05, 4.69) is 39.1 Å².